The van der Waals surface area contributed by atoms with Gasteiger partial charge in [-0.05, 0) is 44.7 Å². The van der Waals surface area contributed by atoms with Crippen LogP contribution in [0, 0.1) is 6.92 Å². The van der Waals surface area contributed by atoms with E-state index < -0.39 is 33.5 Å². The van der Waals surface area contributed by atoms with Crippen LogP contribution in [0.5, 0.6) is 0 Å². The number of nitrogens with two attached hydrogens (primary N) is 2. The van der Waals surface area contributed by atoms with Crippen LogP contribution in [0.1, 0.15) is 50.5 Å². The molecule has 10 nitrogen and oxygen atoms in total. The van der Waals surface area contributed by atoms with Crippen molar-refractivity contribution >= 4 is 27.9 Å². The summed E-state index contributed by atoms with van der Waals surface area (Å²) in [7, 11) is -3.98. The zero-order valence-electron chi connectivity index (χ0n) is 17.6. The minimum absolute atomic E-state index is 0.0145. The Morgan fingerprint density at radius 1 is 1.16 bits per heavy atom. The van der Waals surface area contributed by atoms with Crippen LogP contribution >= 0.6 is 0 Å². The second-order valence-electron chi connectivity index (χ2n) is 7.93. The molecule has 1 unspecified atom stereocenters. The Bertz CT molecular complexity index is 904. The highest BCUT2D eigenvalue weighted by atomic mass is 32.2. The summed E-state index contributed by atoms with van der Waals surface area (Å²) in [6.45, 7) is 2.17. The molecule has 0 aromatic heterocycles. The third kappa shape index (κ3) is 6.93. The van der Waals surface area contributed by atoms with E-state index in [0.29, 0.717) is 25.8 Å². The van der Waals surface area contributed by atoms with Gasteiger partial charge in [0.2, 0.25) is 15.9 Å². The molecule has 31 heavy (non-hydrogen) atoms. The Hall–Kier alpha value is -2.66. The summed E-state index contributed by atoms with van der Waals surface area (Å²) in [5.74, 6) is -2.08. The molecule has 11 heteroatoms. The number of aryl methyl sites for hydroxylation is 1. The highest BCUT2D eigenvalue weighted by molar-refractivity contribution is 7.89. The van der Waals surface area contributed by atoms with E-state index in [0.717, 1.165) is 12.0 Å². The zero-order valence-corrected chi connectivity index (χ0v) is 18.5. The minimum atomic E-state index is -3.98. The van der Waals surface area contributed by atoms with E-state index in [1.165, 1.54) is 12.1 Å². The SMILES string of the molecule is Cc1ccc(S(=O)(=O)NC2(C(=O)NC(CCC[NH+]=C(N)N)C(=O)[O-])CCCCC2)cc1. The van der Waals surface area contributed by atoms with Gasteiger partial charge in [0.1, 0.15) is 5.54 Å². The summed E-state index contributed by atoms with van der Waals surface area (Å²) >= 11 is 0. The summed E-state index contributed by atoms with van der Waals surface area (Å²) in [5.41, 5.74) is 10.1. The maximum absolute atomic E-state index is 13.2. The number of amides is 1. The third-order valence-corrected chi connectivity index (χ3v) is 6.94. The first-order chi connectivity index (χ1) is 14.6. The molecule has 1 saturated carbocycles. The number of carboxylic acid groups (broad SMARTS) is 1. The summed E-state index contributed by atoms with van der Waals surface area (Å²) in [5, 5.41) is 14.0. The van der Waals surface area contributed by atoms with Gasteiger partial charge in [0.25, 0.3) is 0 Å². The van der Waals surface area contributed by atoms with Gasteiger partial charge < -0.3 is 15.2 Å². The normalized spacial score (nSPS) is 16.8. The van der Waals surface area contributed by atoms with Crippen molar-refractivity contribution in [3.05, 3.63) is 29.8 Å². The molecule has 0 radical (unpaired) electrons. The molecular weight excluding hydrogens is 422 g/mol. The first-order valence-corrected chi connectivity index (χ1v) is 11.8. The number of nitrogens with one attached hydrogen (secondary N) is 3. The number of sulfonamides is 1. The predicted molar refractivity (Wildman–Crippen MR) is 113 cm³/mol. The van der Waals surface area contributed by atoms with Gasteiger partial charge in [-0.15, -0.1) is 0 Å². The number of guanidine groups is 1. The first-order valence-electron chi connectivity index (χ1n) is 10.3. The number of hydrogen-bond donors (Lipinski definition) is 5. The van der Waals surface area contributed by atoms with Gasteiger partial charge in [-0.25, -0.2) is 8.42 Å². The molecule has 0 heterocycles. The van der Waals surface area contributed by atoms with Crippen molar-refractivity contribution in [2.45, 2.75) is 68.3 Å². The van der Waals surface area contributed by atoms with Crippen molar-refractivity contribution in [2.75, 3.05) is 6.54 Å². The van der Waals surface area contributed by atoms with E-state index in [1.807, 2.05) is 6.92 Å². The number of rotatable bonds is 10. The van der Waals surface area contributed by atoms with Crippen LogP contribution < -0.4 is 31.6 Å². The van der Waals surface area contributed by atoms with Crippen molar-refractivity contribution in [2.24, 2.45) is 11.5 Å². The van der Waals surface area contributed by atoms with Crippen LogP contribution in [0.25, 0.3) is 0 Å². The molecule has 0 spiro atoms. The largest absolute Gasteiger partial charge is 0.548 e. The molecule has 1 aromatic carbocycles. The van der Waals surface area contributed by atoms with Gasteiger partial charge in [0.05, 0.1) is 23.5 Å². The van der Waals surface area contributed by atoms with Crippen LogP contribution in [-0.4, -0.2) is 44.4 Å². The number of benzene rings is 1. The fraction of sp³-hybridized carbons (Fsp3) is 0.550. The van der Waals surface area contributed by atoms with Crippen LogP contribution in [0.3, 0.4) is 0 Å². The number of aliphatic carboxylic acids is 1. The van der Waals surface area contributed by atoms with Gasteiger partial charge in [-0.2, -0.15) is 4.72 Å². The lowest BCUT2D eigenvalue weighted by molar-refractivity contribution is -0.459. The average molecular weight is 454 g/mol. The monoisotopic (exact) mass is 453 g/mol. The van der Waals surface area contributed by atoms with Gasteiger partial charge in [-0.3, -0.25) is 21.3 Å². The lowest BCUT2D eigenvalue weighted by atomic mass is 9.81. The molecule has 1 aliphatic carbocycles. The molecule has 0 bridgehead atoms. The predicted octanol–water partition coefficient (Wildman–Crippen LogP) is -2.65. The lowest BCUT2D eigenvalue weighted by Gasteiger charge is -2.37. The van der Waals surface area contributed by atoms with Crippen molar-refractivity contribution < 1.29 is 28.1 Å². The van der Waals surface area contributed by atoms with Gasteiger partial charge >= 0.3 is 5.96 Å². The zero-order chi connectivity index (χ0) is 23.1. The Morgan fingerprint density at radius 3 is 2.32 bits per heavy atom. The smallest absolute Gasteiger partial charge is 0.338 e. The van der Waals surface area contributed by atoms with Crippen molar-refractivity contribution in [3.8, 4) is 0 Å². The van der Waals surface area contributed by atoms with Crippen LogP contribution in [0.15, 0.2) is 29.2 Å². The summed E-state index contributed by atoms with van der Waals surface area (Å²) in [4.78, 5) is 27.4. The van der Waals surface area contributed by atoms with Gasteiger partial charge in [0, 0.05) is 0 Å². The molecule has 1 aliphatic rings. The van der Waals surface area contributed by atoms with E-state index >= 15 is 0 Å². The molecule has 1 aromatic rings. The fourth-order valence-electron chi connectivity index (χ4n) is 3.65. The Balaban J connectivity index is 2.19. The minimum Gasteiger partial charge on any atom is -0.548 e. The van der Waals surface area contributed by atoms with E-state index in [1.54, 1.807) is 12.1 Å². The van der Waals surface area contributed by atoms with E-state index in [9.17, 15) is 23.1 Å². The third-order valence-electron chi connectivity index (χ3n) is 5.39. The van der Waals surface area contributed by atoms with Crippen LogP contribution in [0.4, 0.5) is 0 Å². The highest BCUT2D eigenvalue weighted by Gasteiger charge is 2.43. The Kier molecular flexibility index (Phi) is 8.40. The molecule has 172 valence electrons. The summed E-state index contributed by atoms with van der Waals surface area (Å²) in [6, 6.07) is 5.03. The average Bonchev–Trinajstić information content (AvgIpc) is 2.70. The van der Waals surface area contributed by atoms with Gasteiger partial charge in [-0.1, -0.05) is 37.0 Å². The number of carbonyl (C=O) groups is 2. The second-order valence-corrected chi connectivity index (χ2v) is 9.61. The summed E-state index contributed by atoms with van der Waals surface area (Å²) < 4.78 is 28.5. The molecule has 1 fully saturated rings. The molecule has 7 N–H and O–H groups in total. The standard InChI is InChI=1S/C20H31N5O5S/c1-14-7-9-15(10-8-14)31(29,30)25-20(11-3-2-4-12-20)18(28)24-16(17(26)27)6-5-13-23-19(21)22/h7-10,16,25H,2-6,11-13H2,1H3,(H,24,28)(H,26,27)(H4,21,22,23). The summed E-state index contributed by atoms with van der Waals surface area (Å²) in [6.07, 6.45) is 3.17. The number of hydrogen-bond acceptors (Lipinski definition) is 5. The quantitative estimate of drug-likeness (QED) is 0.146. The topological polar surface area (TPSA) is 181 Å². The number of carboxylic acids is 1. The van der Waals surface area contributed by atoms with Crippen molar-refractivity contribution in [1.29, 1.82) is 0 Å². The first kappa shape index (κ1) is 24.6. The molecular formula is C20H31N5O5S. The molecule has 0 aliphatic heterocycles. The molecule has 1 atom stereocenters. The molecule has 1 amide bonds. The number of carbonyl (C=O) groups excluding carboxylic acids is 2. The maximum atomic E-state index is 13.2. The van der Waals surface area contributed by atoms with E-state index in [-0.39, 0.29) is 30.1 Å². The van der Waals surface area contributed by atoms with Crippen LogP contribution in [-0.2, 0) is 19.6 Å². The second kappa shape index (κ2) is 10.6. The molecule has 2 rings (SSSR count). The van der Waals surface area contributed by atoms with E-state index in [2.05, 4.69) is 15.0 Å². The fourth-order valence-corrected chi connectivity index (χ4v) is 5.07. The van der Waals surface area contributed by atoms with Crippen molar-refractivity contribution in [3.63, 3.8) is 0 Å². The highest BCUT2D eigenvalue weighted by Crippen LogP contribution is 2.30. The Labute approximate surface area is 182 Å². The van der Waals surface area contributed by atoms with E-state index in [4.69, 9.17) is 11.5 Å². The Morgan fingerprint density at radius 2 is 1.77 bits per heavy atom. The maximum Gasteiger partial charge on any atom is 0.338 e. The van der Waals surface area contributed by atoms with Gasteiger partial charge in [0.15, 0.2) is 0 Å². The van der Waals surface area contributed by atoms with Crippen LogP contribution in [0.2, 0.25) is 0 Å². The van der Waals surface area contributed by atoms with Crippen molar-refractivity contribution in [1.82, 2.24) is 10.0 Å². The molecule has 0 saturated heterocycles. The lowest BCUT2D eigenvalue weighted by Crippen LogP contribution is -2.78.